The number of esters is 2. The number of aryl methyl sites for hydroxylation is 1. The number of benzene rings is 1. The first-order valence-electron chi connectivity index (χ1n) is 15.7. The number of carbonyl (C=O) groups excluding carboxylic acids is 2. The van der Waals surface area contributed by atoms with Crippen molar-refractivity contribution in [2.75, 3.05) is 39.8 Å². The topological polar surface area (TPSA) is 124 Å². The van der Waals surface area contributed by atoms with Gasteiger partial charge in [-0.1, -0.05) is 43.6 Å². The van der Waals surface area contributed by atoms with Crippen LogP contribution in [-0.2, 0) is 43.7 Å². The number of carbonyl (C=O) groups is 2. The third kappa shape index (κ3) is 12.7. The molecule has 254 valence electrons. The molecule has 0 saturated heterocycles. The molecule has 0 amide bonds. The molecule has 0 spiro atoms. The Hall–Kier alpha value is -2.38. The Labute approximate surface area is 269 Å². The zero-order valence-electron chi connectivity index (χ0n) is 28.1. The van der Waals surface area contributed by atoms with Crippen LogP contribution in [0.2, 0.25) is 0 Å². The predicted octanol–water partition coefficient (Wildman–Crippen LogP) is 8.78. The second-order valence-electron chi connectivity index (χ2n) is 11.6. The van der Waals surface area contributed by atoms with Gasteiger partial charge in [-0.2, -0.15) is 0 Å². The van der Waals surface area contributed by atoms with Crippen LogP contribution >= 0.6 is 15.2 Å². The standard InChI is InChI=1S/C33H52O10P2/c1-9-10-11-14-28-22-31(42-44(36,38-7)19-12-17-40-26(5)34)33(30-21-25(4)15-16-29(30)24(2)3)32(23-28)43-45(37,39-8)20-13-18-41-27(6)35/h21-23,29-30H,2,9-20H2,1,3-8H3. The van der Waals surface area contributed by atoms with E-state index in [9.17, 15) is 18.7 Å². The molecule has 1 aromatic carbocycles. The van der Waals surface area contributed by atoms with Gasteiger partial charge < -0.3 is 27.6 Å². The van der Waals surface area contributed by atoms with E-state index in [0.29, 0.717) is 23.5 Å². The van der Waals surface area contributed by atoms with Gasteiger partial charge in [-0.05, 0) is 76.0 Å². The number of rotatable bonds is 20. The number of ether oxygens (including phenoxy) is 2. The first-order chi connectivity index (χ1) is 21.3. The molecule has 10 nitrogen and oxygen atoms in total. The molecule has 45 heavy (non-hydrogen) atoms. The maximum atomic E-state index is 14.0. The second kappa shape index (κ2) is 18.7. The predicted molar refractivity (Wildman–Crippen MR) is 176 cm³/mol. The van der Waals surface area contributed by atoms with Crippen molar-refractivity contribution in [1.82, 2.24) is 0 Å². The Balaban J connectivity index is 2.71. The van der Waals surface area contributed by atoms with Crippen LogP contribution in [0, 0.1) is 5.92 Å². The van der Waals surface area contributed by atoms with Crippen LogP contribution in [0.5, 0.6) is 11.5 Å². The fourth-order valence-corrected chi connectivity index (χ4v) is 7.99. The highest BCUT2D eigenvalue weighted by atomic mass is 31.2. The van der Waals surface area contributed by atoms with Crippen LogP contribution in [0.3, 0.4) is 0 Å². The lowest BCUT2D eigenvalue weighted by molar-refractivity contribution is -0.141. The quantitative estimate of drug-likeness (QED) is 0.0575. The van der Waals surface area contributed by atoms with Gasteiger partial charge in [-0.15, -0.1) is 0 Å². The molecule has 12 heteroatoms. The maximum Gasteiger partial charge on any atom is 0.379 e. The van der Waals surface area contributed by atoms with Crippen molar-refractivity contribution in [2.24, 2.45) is 5.92 Å². The molecule has 1 aliphatic carbocycles. The van der Waals surface area contributed by atoms with Crippen LogP contribution < -0.4 is 9.05 Å². The molecule has 1 aliphatic rings. The fourth-order valence-electron chi connectivity index (χ4n) is 5.36. The van der Waals surface area contributed by atoms with E-state index in [4.69, 9.17) is 27.6 Å². The van der Waals surface area contributed by atoms with Crippen molar-refractivity contribution in [3.8, 4) is 11.5 Å². The van der Waals surface area contributed by atoms with Gasteiger partial charge in [0.1, 0.15) is 11.5 Å². The Morgan fingerprint density at radius 2 is 1.38 bits per heavy atom. The lowest BCUT2D eigenvalue weighted by Gasteiger charge is -2.34. The van der Waals surface area contributed by atoms with E-state index in [1.807, 2.05) is 19.1 Å². The summed E-state index contributed by atoms with van der Waals surface area (Å²) >= 11 is 0. The smallest absolute Gasteiger partial charge is 0.379 e. The van der Waals surface area contributed by atoms with Crippen molar-refractivity contribution in [1.29, 1.82) is 0 Å². The number of hydrogen-bond donors (Lipinski definition) is 0. The van der Waals surface area contributed by atoms with Gasteiger partial charge in [0.05, 0.1) is 25.5 Å². The van der Waals surface area contributed by atoms with E-state index < -0.39 is 27.1 Å². The van der Waals surface area contributed by atoms with Gasteiger partial charge in [-0.3, -0.25) is 9.59 Å². The average Bonchev–Trinajstić information content (AvgIpc) is 2.97. The Bertz CT molecular complexity index is 1220. The minimum Gasteiger partial charge on any atom is -0.466 e. The van der Waals surface area contributed by atoms with Crippen LogP contribution in [0.4, 0.5) is 0 Å². The van der Waals surface area contributed by atoms with E-state index in [2.05, 4.69) is 26.5 Å². The zero-order valence-corrected chi connectivity index (χ0v) is 29.8. The Morgan fingerprint density at radius 1 is 0.867 bits per heavy atom. The fraction of sp³-hybridized carbons (Fsp3) is 0.636. The Morgan fingerprint density at radius 3 is 1.80 bits per heavy atom. The molecular weight excluding hydrogens is 618 g/mol. The first kappa shape index (κ1) is 38.8. The molecule has 0 saturated carbocycles. The van der Waals surface area contributed by atoms with E-state index in [1.165, 1.54) is 33.6 Å². The van der Waals surface area contributed by atoms with Crippen LogP contribution in [0.25, 0.3) is 0 Å². The van der Waals surface area contributed by atoms with Gasteiger partial charge in [0.25, 0.3) is 0 Å². The number of allylic oxidation sites excluding steroid dienone is 3. The van der Waals surface area contributed by atoms with Crippen molar-refractivity contribution in [3.63, 3.8) is 0 Å². The summed E-state index contributed by atoms with van der Waals surface area (Å²) in [4.78, 5) is 22.5. The molecule has 2 rings (SSSR count). The molecule has 1 aromatic rings. The van der Waals surface area contributed by atoms with Crippen molar-refractivity contribution in [2.45, 2.75) is 91.9 Å². The van der Waals surface area contributed by atoms with Crippen molar-refractivity contribution >= 4 is 27.1 Å². The Kier molecular flexibility index (Phi) is 16.1. The van der Waals surface area contributed by atoms with E-state index in [-0.39, 0.29) is 50.2 Å². The third-order valence-electron chi connectivity index (χ3n) is 7.74. The van der Waals surface area contributed by atoms with Crippen molar-refractivity contribution < 1.29 is 46.3 Å². The van der Waals surface area contributed by atoms with Crippen LogP contribution in [0.15, 0.2) is 35.9 Å². The summed E-state index contributed by atoms with van der Waals surface area (Å²) in [6.45, 7) is 13.2. The molecule has 0 heterocycles. The molecule has 0 bridgehead atoms. The van der Waals surface area contributed by atoms with Gasteiger partial charge >= 0.3 is 27.1 Å². The van der Waals surface area contributed by atoms with Crippen LogP contribution in [0.1, 0.15) is 96.6 Å². The molecule has 0 radical (unpaired) electrons. The third-order valence-corrected chi connectivity index (χ3v) is 11.5. The zero-order chi connectivity index (χ0) is 33.6. The lowest BCUT2D eigenvalue weighted by atomic mass is 9.73. The summed E-state index contributed by atoms with van der Waals surface area (Å²) < 4.78 is 61.6. The molecule has 0 fully saturated rings. The molecule has 0 N–H and O–H groups in total. The van der Waals surface area contributed by atoms with E-state index in [1.54, 1.807) is 0 Å². The maximum absolute atomic E-state index is 14.0. The largest absolute Gasteiger partial charge is 0.466 e. The number of hydrogen-bond acceptors (Lipinski definition) is 10. The van der Waals surface area contributed by atoms with Crippen molar-refractivity contribution in [3.05, 3.63) is 47.1 Å². The monoisotopic (exact) mass is 670 g/mol. The lowest BCUT2D eigenvalue weighted by Crippen LogP contribution is -2.19. The summed E-state index contributed by atoms with van der Waals surface area (Å²) in [6.07, 6.45) is 8.10. The minimum atomic E-state index is -3.72. The SMILES string of the molecule is C=C(C)C1CCC(C)=CC1c1c(OP(=O)(CCCOC(C)=O)OC)cc(CCCCC)cc1OP(=O)(CCCOC(C)=O)OC. The van der Waals surface area contributed by atoms with Crippen LogP contribution in [-0.4, -0.2) is 51.7 Å². The average molecular weight is 671 g/mol. The molecule has 4 unspecified atom stereocenters. The number of unbranched alkanes of at least 4 members (excludes halogenated alkanes) is 2. The van der Waals surface area contributed by atoms with Gasteiger partial charge in [0.15, 0.2) is 0 Å². The highest BCUT2D eigenvalue weighted by molar-refractivity contribution is 7.54. The highest BCUT2D eigenvalue weighted by Gasteiger charge is 2.36. The van der Waals surface area contributed by atoms with Gasteiger partial charge in [0, 0.05) is 39.5 Å². The molecular formula is C33H52O10P2. The van der Waals surface area contributed by atoms with Gasteiger partial charge in [0.2, 0.25) is 0 Å². The van der Waals surface area contributed by atoms with E-state index in [0.717, 1.165) is 43.2 Å². The normalized spacial score (nSPS) is 19.0. The minimum absolute atomic E-state index is 0.0149. The second-order valence-corrected chi connectivity index (χ2v) is 16.0. The molecule has 0 aromatic heterocycles. The highest BCUT2D eigenvalue weighted by Crippen LogP contribution is 2.57. The summed E-state index contributed by atoms with van der Waals surface area (Å²) in [6, 6.07) is 3.75. The van der Waals surface area contributed by atoms with E-state index >= 15 is 0 Å². The summed E-state index contributed by atoms with van der Waals surface area (Å²) in [5, 5.41) is 0. The summed E-state index contributed by atoms with van der Waals surface area (Å²) in [5.74, 6) is -0.465. The first-order valence-corrected chi connectivity index (χ1v) is 19.2. The summed E-state index contributed by atoms with van der Waals surface area (Å²) in [5.41, 5.74) is 3.61. The molecule has 0 aliphatic heterocycles. The summed E-state index contributed by atoms with van der Waals surface area (Å²) in [7, 11) is -4.77. The van der Waals surface area contributed by atoms with Gasteiger partial charge in [-0.25, -0.2) is 9.13 Å². The molecule has 4 atom stereocenters.